The summed E-state index contributed by atoms with van der Waals surface area (Å²) in [6.45, 7) is 0. The van der Waals surface area contributed by atoms with Gasteiger partial charge in [0.2, 0.25) is 0 Å². The number of pyridine rings is 1. The third-order valence-corrected chi connectivity index (χ3v) is 6.60. The van der Waals surface area contributed by atoms with Gasteiger partial charge >= 0.3 is 0 Å². The van der Waals surface area contributed by atoms with Gasteiger partial charge in [0.25, 0.3) is 0 Å². The van der Waals surface area contributed by atoms with E-state index < -0.39 is 0 Å². The Bertz CT molecular complexity index is 1850. The zero-order valence-corrected chi connectivity index (χ0v) is 19.9. The molecule has 0 aliphatic heterocycles. The van der Waals surface area contributed by atoms with Crippen LogP contribution in [0.25, 0.3) is 38.9 Å². The first-order valence-corrected chi connectivity index (χ1v) is 12.2. The van der Waals surface area contributed by atoms with Crippen LogP contribution in [0.3, 0.4) is 0 Å². The Morgan fingerprint density at radius 1 is 0.649 bits per heavy atom. The predicted molar refractivity (Wildman–Crippen MR) is 149 cm³/mol. The number of hydrogen-bond donors (Lipinski definition) is 0. The molecular weight excluding hydrogens is 456 g/mol. The molecule has 5 heteroatoms. The van der Waals surface area contributed by atoms with Crippen molar-refractivity contribution in [1.29, 1.82) is 0 Å². The number of nitrogens with zero attached hydrogens (tertiary/aromatic N) is 4. The maximum absolute atomic E-state index is 5.55. The number of hydrogen-bond acceptors (Lipinski definition) is 4. The molecule has 7 rings (SSSR count). The second-order valence-corrected chi connectivity index (χ2v) is 8.85. The average molecular weight is 479 g/mol. The first-order valence-electron chi connectivity index (χ1n) is 12.2. The zero-order valence-electron chi connectivity index (χ0n) is 19.9. The Kier molecular flexibility index (Phi) is 5.03. The Morgan fingerprint density at radius 3 is 2.38 bits per heavy atom. The van der Waals surface area contributed by atoms with E-state index in [0.29, 0.717) is 0 Å². The lowest BCUT2D eigenvalue weighted by atomic mass is 10.0. The summed E-state index contributed by atoms with van der Waals surface area (Å²) in [6, 6.07) is 39.7. The minimum absolute atomic E-state index is 0.781. The molecule has 0 saturated heterocycles. The lowest BCUT2D eigenvalue weighted by Gasteiger charge is -2.26. The van der Waals surface area contributed by atoms with Crippen molar-refractivity contribution in [2.75, 3.05) is 4.90 Å². The Balaban J connectivity index is 1.38. The van der Waals surface area contributed by atoms with Crippen LogP contribution in [-0.4, -0.2) is 14.5 Å². The molecule has 0 aliphatic rings. The molecule has 0 atom stereocenters. The van der Waals surface area contributed by atoms with E-state index in [1.165, 1.54) is 6.39 Å². The monoisotopic (exact) mass is 478 g/mol. The van der Waals surface area contributed by atoms with Crippen molar-refractivity contribution in [3.8, 4) is 16.8 Å². The zero-order chi connectivity index (χ0) is 24.6. The third kappa shape index (κ3) is 3.74. The molecule has 0 N–H and O–H groups in total. The van der Waals surface area contributed by atoms with Crippen molar-refractivity contribution in [3.05, 3.63) is 134 Å². The summed E-state index contributed by atoms with van der Waals surface area (Å²) in [4.78, 5) is 11.3. The molecule has 0 fully saturated rings. The SMILES string of the molecule is c1ccc(N(c2cccc(-c3cccc4ocnc34)c2)c2cccc(-n3ccc4cccnc43)c2)cc1. The van der Waals surface area contributed by atoms with Crippen molar-refractivity contribution in [2.45, 2.75) is 0 Å². The standard InChI is InChI=1S/C32H22N4O/c1-2-10-25(11-3-1)36(27-13-4-8-24(20-27)29-15-6-16-30-31(29)34-22-37-30)28-14-5-12-26(21-28)35-19-17-23-9-7-18-33-32(23)35/h1-22H. The number of benzene rings is 4. The van der Waals surface area contributed by atoms with Crippen molar-refractivity contribution in [3.63, 3.8) is 0 Å². The van der Waals surface area contributed by atoms with E-state index in [-0.39, 0.29) is 0 Å². The smallest absolute Gasteiger partial charge is 0.182 e. The fraction of sp³-hybridized carbons (Fsp3) is 0. The quantitative estimate of drug-likeness (QED) is 0.250. The van der Waals surface area contributed by atoms with Gasteiger partial charge in [-0.25, -0.2) is 9.97 Å². The molecule has 7 aromatic rings. The topological polar surface area (TPSA) is 47.1 Å². The van der Waals surface area contributed by atoms with E-state index >= 15 is 0 Å². The molecule has 0 aliphatic carbocycles. The molecule has 0 bridgehead atoms. The number of rotatable bonds is 5. The van der Waals surface area contributed by atoms with E-state index in [2.05, 4.69) is 117 Å². The normalized spacial score (nSPS) is 11.2. The lowest BCUT2D eigenvalue weighted by molar-refractivity contribution is 0.602. The third-order valence-electron chi connectivity index (χ3n) is 6.60. The Labute approximate surface area is 213 Å². The molecule has 0 amide bonds. The number of para-hydroxylation sites is 2. The van der Waals surface area contributed by atoms with E-state index in [1.807, 2.05) is 30.5 Å². The molecule has 4 aromatic carbocycles. The van der Waals surface area contributed by atoms with Crippen molar-refractivity contribution >= 4 is 39.2 Å². The fourth-order valence-electron chi connectivity index (χ4n) is 4.91. The van der Waals surface area contributed by atoms with E-state index in [9.17, 15) is 0 Å². The number of oxazole rings is 1. The average Bonchev–Trinajstić information content (AvgIpc) is 3.62. The summed E-state index contributed by atoms with van der Waals surface area (Å²) in [5, 5.41) is 1.11. The van der Waals surface area contributed by atoms with Crippen LogP contribution in [0.1, 0.15) is 0 Å². The molecular formula is C32H22N4O. The van der Waals surface area contributed by atoms with Crippen LogP contribution in [0.4, 0.5) is 17.1 Å². The van der Waals surface area contributed by atoms with Crippen LogP contribution in [0.15, 0.2) is 138 Å². The molecule has 176 valence electrons. The summed E-state index contributed by atoms with van der Waals surface area (Å²) >= 11 is 0. The molecule has 0 saturated carbocycles. The van der Waals surface area contributed by atoms with Gasteiger partial charge in [-0.05, 0) is 72.3 Å². The maximum atomic E-state index is 5.55. The first-order chi connectivity index (χ1) is 18.3. The summed E-state index contributed by atoms with van der Waals surface area (Å²) < 4.78 is 7.68. The molecule has 37 heavy (non-hydrogen) atoms. The molecule has 0 spiro atoms. The van der Waals surface area contributed by atoms with E-state index in [1.54, 1.807) is 0 Å². The summed E-state index contributed by atoms with van der Waals surface area (Å²) in [5.74, 6) is 0. The van der Waals surface area contributed by atoms with Crippen molar-refractivity contribution < 1.29 is 4.42 Å². The number of fused-ring (bicyclic) bond motifs is 2. The van der Waals surface area contributed by atoms with Gasteiger partial charge in [-0.2, -0.15) is 0 Å². The Hall–Kier alpha value is -5.16. The van der Waals surface area contributed by atoms with Crippen LogP contribution < -0.4 is 4.90 Å². The minimum atomic E-state index is 0.781. The van der Waals surface area contributed by atoms with Gasteiger partial charge in [-0.15, -0.1) is 0 Å². The van der Waals surface area contributed by atoms with Crippen LogP contribution in [-0.2, 0) is 0 Å². The highest BCUT2D eigenvalue weighted by Crippen LogP contribution is 2.38. The van der Waals surface area contributed by atoms with Gasteiger partial charge < -0.3 is 13.9 Å². The van der Waals surface area contributed by atoms with Gasteiger partial charge in [-0.3, -0.25) is 0 Å². The molecule has 3 aromatic heterocycles. The van der Waals surface area contributed by atoms with Gasteiger partial charge in [0.1, 0.15) is 11.2 Å². The van der Waals surface area contributed by atoms with Crippen molar-refractivity contribution in [2.24, 2.45) is 0 Å². The molecule has 5 nitrogen and oxygen atoms in total. The van der Waals surface area contributed by atoms with Gasteiger partial charge in [0, 0.05) is 46.1 Å². The summed E-state index contributed by atoms with van der Waals surface area (Å²) in [6.07, 6.45) is 5.41. The highest BCUT2D eigenvalue weighted by atomic mass is 16.3. The van der Waals surface area contributed by atoms with Gasteiger partial charge in [-0.1, -0.05) is 48.5 Å². The lowest BCUT2D eigenvalue weighted by Crippen LogP contribution is -2.10. The number of aromatic nitrogens is 3. The van der Waals surface area contributed by atoms with Crippen LogP contribution in [0, 0.1) is 0 Å². The number of anilines is 3. The van der Waals surface area contributed by atoms with Crippen LogP contribution in [0.2, 0.25) is 0 Å². The van der Waals surface area contributed by atoms with Crippen LogP contribution in [0.5, 0.6) is 0 Å². The summed E-state index contributed by atoms with van der Waals surface area (Å²) in [5.41, 5.74) is 8.93. The predicted octanol–water partition coefficient (Wildman–Crippen LogP) is 8.30. The maximum Gasteiger partial charge on any atom is 0.182 e. The van der Waals surface area contributed by atoms with Gasteiger partial charge in [0.05, 0.1) is 0 Å². The molecule has 0 unspecified atom stereocenters. The first kappa shape index (κ1) is 21.1. The molecule has 0 radical (unpaired) electrons. The van der Waals surface area contributed by atoms with Gasteiger partial charge in [0.15, 0.2) is 12.0 Å². The highest BCUT2D eigenvalue weighted by molar-refractivity contribution is 5.92. The fourth-order valence-corrected chi connectivity index (χ4v) is 4.91. The largest absolute Gasteiger partial charge is 0.443 e. The van der Waals surface area contributed by atoms with E-state index in [0.717, 1.165) is 56.0 Å². The highest BCUT2D eigenvalue weighted by Gasteiger charge is 2.16. The van der Waals surface area contributed by atoms with Crippen LogP contribution >= 0.6 is 0 Å². The second kappa shape index (κ2) is 8.81. The summed E-state index contributed by atoms with van der Waals surface area (Å²) in [7, 11) is 0. The minimum Gasteiger partial charge on any atom is -0.443 e. The Morgan fingerprint density at radius 2 is 1.46 bits per heavy atom. The van der Waals surface area contributed by atoms with Crippen molar-refractivity contribution in [1.82, 2.24) is 14.5 Å². The van der Waals surface area contributed by atoms with E-state index in [4.69, 9.17) is 4.42 Å². The molecule has 3 heterocycles. The second-order valence-electron chi connectivity index (χ2n) is 8.85.